The Hall–Kier alpha value is -0.870. The first kappa shape index (κ1) is 14.5. The minimum Gasteiger partial charge on any atom is -0.356 e. The Bertz CT molecular complexity index is 467. The summed E-state index contributed by atoms with van der Waals surface area (Å²) in [5.41, 5.74) is 2.22. The fourth-order valence-electron chi connectivity index (χ4n) is 2.72. The van der Waals surface area contributed by atoms with Gasteiger partial charge in [0.15, 0.2) is 6.23 Å². The van der Waals surface area contributed by atoms with Gasteiger partial charge in [-0.25, -0.2) is 0 Å². The maximum absolute atomic E-state index is 12.4. The van der Waals surface area contributed by atoms with Crippen LogP contribution in [0.4, 0.5) is 0 Å². The highest BCUT2D eigenvalue weighted by molar-refractivity contribution is 7.12. The van der Waals surface area contributed by atoms with Gasteiger partial charge in [-0.15, -0.1) is 11.3 Å². The van der Waals surface area contributed by atoms with Crippen LogP contribution in [-0.4, -0.2) is 25.0 Å². The van der Waals surface area contributed by atoms with Crippen LogP contribution in [0.5, 0.6) is 0 Å². The lowest BCUT2D eigenvalue weighted by Crippen LogP contribution is -2.24. The van der Waals surface area contributed by atoms with Crippen molar-refractivity contribution in [3.63, 3.8) is 0 Å². The van der Waals surface area contributed by atoms with Gasteiger partial charge in [0.25, 0.3) is 5.91 Å². The number of thiophene rings is 1. The molecule has 106 valence electrons. The second kappa shape index (κ2) is 6.06. The molecule has 0 spiro atoms. The molecule has 0 aliphatic carbocycles. The fraction of sp³-hybridized carbons (Fsp3) is 0.667. The monoisotopic (exact) mass is 281 g/mol. The summed E-state index contributed by atoms with van der Waals surface area (Å²) in [7, 11) is 3.50. The van der Waals surface area contributed by atoms with Gasteiger partial charge in [-0.2, -0.15) is 0 Å². The molecule has 3 nitrogen and oxygen atoms in total. The third-order valence-electron chi connectivity index (χ3n) is 3.71. The minimum atomic E-state index is -0.182. The standard InChI is InChI=1S/C15H23NO2S/c1-5-7-9-11-10(8-6-2)12-13(19-11)15(18-4)16(3)14(12)17/h15H,5-9H2,1-4H3. The van der Waals surface area contributed by atoms with E-state index in [1.165, 1.54) is 23.3 Å². The van der Waals surface area contributed by atoms with Gasteiger partial charge in [0.1, 0.15) is 0 Å². The van der Waals surface area contributed by atoms with Gasteiger partial charge in [-0.3, -0.25) is 4.79 Å². The molecule has 2 heterocycles. The number of methoxy groups -OCH3 is 1. The number of hydrogen-bond donors (Lipinski definition) is 0. The zero-order chi connectivity index (χ0) is 14.0. The lowest BCUT2D eigenvalue weighted by atomic mass is 10.0. The van der Waals surface area contributed by atoms with Crippen molar-refractivity contribution >= 4 is 17.2 Å². The third kappa shape index (κ3) is 2.43. The number of rotatable bonds is 6. The molecule has 0 N–H and O–H groups in total. The number of unbranched alkanes of at least 4 members (excludes halogenated alkanes) is 1. The van der Waals surface area contributed by atoms with Crippen molar-refractivity contribution in [2.24, 2.45) is 0 Å². The van der Waals surface area contributed by atoms with Crippen LogP contribution >= 0.6 is 11.3 Å². The molecule has 19 heavy (non-hydrogen) atoms. The Labute approximate surface area is 119 Å². The molecule has 0 fully saturated rings. The first-order valence-electron chi connectivity index (χ1n) is 7.10. The minimum absolute atomic E-state index is 0.129. The highest BCUT2D eigenvalue weighted by atomic mass is 32.1. The molecule has 0 radical (unpaired) electrons. The molecule has 1 aromatic rings. The van der Waals surface area contributed by atoms with Crippen LogP contribution in [0.25, 0.3) is 0 Å². The summed E-state index contributed by atoms with van der Waals surface area (Å²) in [5.74, 6) is 0.129. The molecule has 2 rings (SSSR count). The van der Waals surface area contributed by atoms with Gasteiger partial charge < -0.3 is 9.64 Å². The molecule has 0 saturated carbocycles. The second-order valence-corrected chi connectivity index (χ2v) is 6.24. The largest absolute Gasteiger partial charge is 0.356 e. The number of carbonyl (C=O) groups excluding carboxylic acids is 1. The van der Waals surface area contributed by atoms with E-state index in [0.717, 1.165) is 29.7 Å². The van der Waals surface area contributed by atoms with Crippen molar-refractivity contribution in [3.8, 4) is 0 Å². The van der Waals surface area contributed by atoms with Crippen molar-refractivity contribution < 1.29 is 9.53 Å². The Morgan fingerprint density at radius 2 is 2.00 bits per heavy atom. The van der Waals surface area contributed by atoms with Crippen LogP contribution in [-0.2, 0) is 17.6 Å². The van der Waals surface area contributed by atoms with Crippen molar-refractivity contribution in [2.75, 3.05) is 14.2 Å². The molecule has 0 aromatic carbocycles. The molecule has 4 heteroatoms. The zero-order valence-corrected chi connectivity index (χ0v) is 13.1. The normalized spacial score (nSPS) is 18.2. The van der Waals surface area contributed by atoms with E-state index in [4.69, 9.17) is 4.74 Å². The summed E-state index contributed by atoms with van der Waals surface area (Å²) in [6.45, 7) is 4.38. The predicted octanol–water partition coefficient (Wildman–Crippen LogP) is 3.77. The van der Waals surface area contributed by atoms with Crippen molar-refractivity contribution in [3.05, 3.63) is 20.9 Å². The predicted molar refractivity (Wildman–Crippen MR) is 78.8 cm³/mol. The first-order chi connectivity index (χ1) is 9.15. The maximum Gasteiger partial charge on any atom is 0.257 e. The quantitative estimate of drug-likeness (QED) is 0.794. The molecule has 1 atom stereocenters. The van der Waals surface area contributed by atoms with E-state index >= 15 is 0 Å². The Kier molecular flexibility index (Phi) is 4.63. The second-order valence-electron chi connectivity index (χ2n) is 5.10. The summed E-state index contributed by atoms with van der Waals surface area (Å²) in [4.78, 5) is 16.6. The molecule has 1 amide bonds. The molecule has 0 saturated heterocycles. The molecular weight excluding hydrogens is 258 g/mol. The molecule has 1 aliphatic rings. The molecule has 1 aromatic heterocycles. The van der Waals surface area contributed by atoms with Crippen LogP contribution in [0.2, 0.25) is 0 Å². The Balaban J connectivity index is 2.42. The average Bonchev–Trinajstić information content (AvgIpc) is 2.85. The lowest BCUT2D eigenvalue weighted by molar-refractivity contribution is 0.00106. The highest BCUT2D eigenvalue weighted by Crippen LogP contribution is 2.43. The van der Waals surface area contributed by atoms with E-state index in [1.807, 2.05) is 7.05 Å². The smallest absolute Gasteiger partial charge is 0.257 e. The average molecular weight is 281 g/mol. The van der Waals surface area contributed by atoms with E-state index in [9.17, 15) is 4.79 Å². The van der Waals surface area contributed by atoms with Crippen LogP contribution < -0.4 is 0 Å². The van der Waals surface area contributed by atoms with Crippen LogP contribution in [0.1, 0.15) is 65.0 Å². The Morgan fingerprint density at radius 1 is 1.26 bits per heavy atom. The highest BCUT2D eigenvalue weighted by Gasteiger charge is 2.39. The van der Waals surface area contributed by atoms with Gasteiger partial charge in [-0.1, -0.05) is 26.7 Å². The fourth-order valence-corrected chi connectivity index (χ4v) is 4.23. The number of hydrogen-bond acceptors (Lipinski definition) is 3. The molecule has 0 bridgehead atoms. The van der Waals surface area contributed by atoms with E-state index in [2.05, 4.69) is 13.8 Å². The van der Waals surface area contributed by atoms with E-state index in [0.29, 0.717) is 0 Å². The van der Waals surface area contributed by atoms with Crippen molar-refractivity contribution in [1.29, 1.82) is 0 Å². The number of aryl methyl sites for hydroxylation is 1. The summed E-state index contributed by atoms with van der Waals surface area (Å²) in [6.07, 6.45) is 5.38. The molecule has 1 aliphatic heterocycles. The van der Waals surface area contributed by atoms with Gasteiger partial charge in [0.05, 0.1) is 10.4 Å². The summed E-state index contributed by atoms with van der Waals surface area (Å²) in [6, 6.07) is 0. The summed E-state index contributed by atoms with van der Waals surface area (Å²) >= 11 is 1.78. The van der Waals surface area contributed by atoms with E-state index < -0.39 is 0 Å². The SMILES string of the molecule is CCCCc1sc2c(c1CCC)C(=O)N(C)C2OC. The van der Waals surface area contributed by atoms with Gasteiger partial charge >= 0.3 is 0 Å². The summed E-state index contributed by atoms with van der Waals surface area (Å²) < 4.78 is 5.49. The van der Waals surface area contributed by atoms with Gasteiger partial charge in [-0.05, 0) is 24.8 Å². The van der Waals surface area contributed by atoms with E-state index in [1.54, 1.807) is 23.3 Å². The number of amides is 1. The van der Waals surface area contributed by atoms with Crippen LogP contribution in [0.3, 0.4) is 0 Å². The van der Waals surface area contributed by atoms with Crippen molar-refractivity contribution in [2.45, 2.75) is 52.2 Å². The van der Waals surface area contributed by atoms with E-state index in [-0.39, 0.29) is 12.1 Å². The lowest BCUT2D eigenvalue weighted by Gasteiger charge is -2.18. The van der Waals surface area contributed by atoms with Gasteiger partial charge in [0.2, 0.25) is 0 Å². The summed E-state index contributed by atoms with van der Waals surface area (Å²) in [5, 5.41) is 0. The number of ether oxygens (including phenoxy) is 1. The topological polar surface area (TPSA) is 29.5 Å². The molecule has 1 unspecified atom stereocenters. The third-order valence-corrected chi connectivity index (χ3v) is 5.03. The first-order valence-corrected chi connectivity index (χ1v) is 7.91. The van der Waals surface area contributed by atoms with Crippen LogP contribution in [0, 0.1) is 0 Å². The maximum atomic E-state index is 12.4. The number of nitrogens with zero attached hydrogens (tertiary/aromatic N) is 1. The number of carbonyl (C=O) groups is 1. The van der Waals surface area contributed by atoms with Gasteiger partial charge in [0, 0.05) is 19.0 Å². The van der Waals surface area contributed by atoms with Crippen molar-refractivity contribution in [1.82, 2.24) is 4.90 Å². The number of fused-ring (bicyclic) bond motifs is 1. The van der Waals surface area contributed by atoms with Crippen LogP contribution in [0.15, 0.2) is 0 Å². The molecular formula is C15H23NO2S. The zero-order valence-electron chi connectivity index (χ0n) is 12.3. The Morgan fingerprint density at radius 3 is 2.58 bits per heavy atom.